The van der Waals surface area contributed by atoms with Gasteiger partial charge in [0.1, 0.15) is 17.4 Å². The molecule has 6 atom stereocenters. The Morgan fingerprint density at radius 1 is 1.09 bits per heavy atom. The van der Waals surface area contributed by atoms with Gasteiger partial charge in [-0.2, -0.15) is 0 Å². The number of Topliss-reactive ketones (excluding diaryl/α,β-unsaturated/α-hetero) is 2. The lowest BCUT2D eigenvalue weighted by molar-refractivity contribution is -0.178. The van der Waals surface area contributed by atoms with Crippen LogP contribution in [-0.2, 0) is 16.0 Å². The molecule has 0 heterocycles. The molecule has 0 bridgehead atoms. The lowest BCUT2D eigenvalue weighted by Crippen LogP contribution is -2.71. The number of hydrogen-bond donors (Lipinski definition) is 6. The third kappa shape index (κ3) is 5.31. The van der Waals surface area contributed by atoms with Gasteiger partial charge in [-0.15, -0.1) is 0 Å². The Morgan fingerprint density at radius 2 is 1.80 bits per heavy atom. The molecule has 0 aromatic heterocycles. The van der Waals surface area contributed by atoms with Crippen molar-refractivity contribution in [2.24, 2.45) is 23.5 Å². The van der Waals surface area contributed by atoms with Crippen LogP contribution in [0.1, 0.15) is 39.1 Å². The molecule has 7 N–H and O–H groups in total. The maximum Gasteiger partial charge on any atom is 0.251 e. The molecule has 45 heavy (non-hydrogen) atoms. The Kier molecular flexibility index (Phi) is 8.62. The van der Waals surface area contributed by atoms with Crippen molar-refractivity contribution in [2.45, 2.75) is 37.0 Å². The van der Waals surface area contributed by atoms with E-state index in [0.717, 1.165) is 13.0 Å². The van der Waals surface area contributed by atoms with Crippen molar-refractivity contribution in [3.05, 3.63) is 64.4 Å². The molecule has 0 spiro atoms. The second-order valence-electron chi connectivity index (χ2n) is 12.8. The highest BCUT2D eigenvalue weighted by molar-refractivity contribution is 6.16. The summed E-state index contributed by atoms with van der Waals surface area (Å²) in [7, 11) is 7.14. The zero-order valence-corrected chi connectivity index (χ0v) is 25.8. The molecule has 0 aliphatic heterocycles. The van der Waals surface area contributed by atoms with E-state index in [1.807, 2.05) is 19.0 Å². The zero-order valence-electron chi connectivity index (χ0n) is 25.8. The molecule has 0 radical (unpaired) electrons. The van der Waals surface area contributed by atoms with Gasteiger partial charge < -0.3 is 41.3 Å². The average Bonchev–Trinajstić information content (AvgIpc) is 2.96. The van der Waals surface area contributed by atoms with Crippen molar-refractivity contribution in [3.63, 3.8) is 0 Å². The fourth-order valence-electron chi connectivity index (χ4n) is 7.40. The number of amides is 2. The molecule has 3 aliphatic rings. The first-order chi connectivity index (χ1) is 21.2. The number of nitrogens with one attached hydrogen (secondary N) is 1. The molecule has 2 amide bonds. The largest absolute Gasteiger partial charge is 0.508 e. The molecule has 12 heteroatoms. The van der Waals surface area contributed by atoms with Crippen molar-refractivity contribution >= 4 is 23.4 Å². The summed E-state index contributed by atoms with van der Waals surface area (Å²) in [6.07, 6.45) is -0.593. The summed E-state index contributed by atoms with van der Waals surface area (Å²) >= 11 is 0. The molecule has 5 rings (SSSR count). The Morgan fingerprint density at radius 3 is 2.44 bits per heavy atom. The maximum atomic E-state index is 14.0. The van der Waals surface area contributed by atoms with Gasteiger partial charge in [0.15, 0.2) is 17.2 Å². The lowest BCUT2D eigenvalue weighted by Gasteiger charge is -2.53. The molecule has 1 fully saturated rings. The quantitative estimate of drug-likeness (QED) is 0.180. The number of primary amides is 1. The van der Waals surface area contributed by atoms with E-state index in [1.54, 1.807) is 49.3 Å². The average molecular weight is 621 g/mol. The smallest absolute Gasteiger partial charge is 0.251 e. The summed E-state index contributed by atoms with van der Waals surface area (Å²) in [6, 6.07) is 8.99. The van der Waals surface area contributed by atoms with E-state index in [0.29, 0.717) is 28.8 Å². The summed E-state index contributed by atoms with van der Waals surface area (Å²) in [5.74, 6) is -8.11. The van der Waals surface area contributed by atoms with Gasteiger partial charge in [-0.3, -0.25) is 19.2 Å². The van der Waals surface area contributed by atoms with Gasteiger partial charge in [-0.25, -0.2) is 0 Å². The number of aromatic hydroxyl groups is 1. The first kappa shape index (κ1) is 32.3. The van der Waals surface area contributed by atoms with Crippen molar-refractivity contribution in [1.29, 1.82) is 0 Å². The van der Waals surface area contributed by atoms with E-state index in [2.05, 4.69) is 5.32 Å². The van der Waals surface area contributed by atoms with Crippen LogP contribution in [0.15, 0.2) is 47.7 Å². The van der Waals surface area contributed by atoms with E-state index >= 15 is 0 Å². The van der Waals surface area contributed by atoms with Crippen molar-refractivity contribution < 1.29 is 39.6 Å². The summed E-state index contributed by atoms with van der Waals surface area (Å²) in [4.78, 5) is 56.3. The summed E-state index contributed by atoms with van der Waals surface area (Å²) in [5, 5.41) is 48.2. The van der Waals surface area contributed by atoms with Gasteiger partial charge in [-0.1, -0.05) is 18.2 Å². The standard InChI is InChI=1S/C33H40N4O8/c1-36(2)12-6-11-35-32(44)17-8-5-7-16(13-17)19-9-10-22(38)24-20(19)14-18-15-21-26(37(3)4)28(40)25(31(34)43)30(42)33(21,45)29(41)23(18)27(24)39/h5,7-10,13,18,21,25-26,28,38,40-41,45H,6,11-12,14-15H2,1-4H3,(H2,34,43)(H,35,44)/t18-,21-,25?,26+,28?,33-/m0/s1. The Labute approximate surface area is 261 Å². The maximum absolute atomic E-state index is 14.0. The number of aliphatic hydroxyl groups is 3. The molecule has 0 saturated heterocycles. The molecule has 1 saturated carbocycles. The van der Waals surface area contributed by atoms with E-state index in [4.69, 9.17) is 5.73 Å². The Hall–Kier alpha value is -4.10. The van der Waals surface area contributed by atoms with Crippen LogP contribution in [0.2, 0.25) is 0 Å². The topological polar surface area (TPSA) is 194 Å². The van der Waals surface area contributed by atoms with Crippen LogP contribution in [0, 0.1) is 17.8 Å². The fraction of sp³-hybridized carbons (Fsp3) is 0.455. The number of ketones is 2. The molecular formula is C33H40N4O8. The van der Waals surface area contributed by atoms with Crippen LogP contribution in [0.3, 0.4) is 0 Å². The van der Waals surface area contributed by atoms with E-state index in [1.165, 1.54) is 6.07 Å². The number of phenolic OH excluding ortho intramolecular Hbond substituents is 1. The number of nitrogens with two attached hydrogens (primary N) is 1. The number of phenols is 1. The van der Waals surface area contributed by atoms with Crippen molar-refractivity contribution in [3.8, 4) is 16.9 Å². The minimum Gasteiger partial charge on any atom is -0.508 e. The predicted molar refractivity (Wildman–Crippen MR) is 164 cm³/mol. The SMILES string of the molecule is CN(C)CCCNC(=O)c1cccc(-c2ccc(O)c3c2C[C@H]2C[C@H]4[C@@H](N(C)C)C(O)C(C(N)=O)C(=O)[C@@]4(O)C(O)=C2C3=O)c1. The number of nitrogens with zero attached hydrogens (tertiary/aromatic N) is 2. The van der Waals surface area contributed by atoms with Gasteiger partial charge in [0, 0.05) is 29.6 Å². The lowest BCUT2D eigenvalue weighted by atomic mass is 9.55. The molecule has 2 unspecified atom stereocenters. The monoisotopic (exact) mass is 620 g/mol. The summed E-state index contributed by atoms with van der Waals surface area (Å²) in [6.45, 7) is 1.33. The van der Waals surface area contributed by atoms with Crippen LogP contribution >= 0.6 is 0 Å². The molecule has 2 aromatic carbocycles. The minimum atomic E-state index is -2.64. The molecule has 12 nitrogen and oxygen atoms in total. The number of hydrogen-bond acceptors (Lipinski definition) is 10. The number of aliphatic hydroxyl groups excluding tert-OH is 2. The normalized spacial score (nSPS) is 27.7. The van der Waals surface area contributed by atoms with Crippen LogP contribution in [0.4, 0.5) is 0 Å². The highest BCUT2D eigenvalue weighted by Gasteiger charge is 2.66. The van der Waals surface area contributed by atoms with Crippen LogP contribution in [-0.4, -0.2) is 113 Å². The second-order valence-corrected chi connectivity index (χ2v) is 12.8. The number of carbonyl (C=O) groups excluding carboxylic acids is 4. The number of fused-ring (bicyclic) bond motifs is 3. The third-order valence-electron chi connectivity index (χ3n) is 9.48. The van der Waals surface area contributed by atoms with E-state index in [9.17, 15) is 39.6 Å². The van der Waals surface area contributed by atoms with Gasteiger partial charge in [0.05, 0.1) is 11.7 Å². The number of rotatable bonds is 8. The van der Waals surface area contributed by atoms with Crippen molar-refractivity contribution in [1.82, 2.24) is 15.1 Å². The van der Waals surface area contributed by atoms with Gasteiger partial charge in [-0.05, 0) is 94.8 Å². The Bertz CT molecular complexity index is 1600. The molecule has 240 valence electrons. The zero-order chi connectivity index (χ0) is 33.0. The first-order valence-electron chi connectivity index (χ1n) is 15.0. The molecule has 3 aliphatic carbocycles. The summed E-state index contributed by atoms with van der Waals surface area (Å²) < 4.78 is 0. The molecular weight excluding hydrogens is 580 g/mol. The van der Waals surface area contributed by atoms with E-state index in [-0.39, 0.29) is 35.6 Å². The number of benzene rings is 2. The number of likely N-dealkylation sites (N-methyl/N-ethyl adjacent to an activating group) is 1. The van der Waals surface area contributed by atoms with Gasteiger partial charge in [0.25, 0.3) is 5.91 Å². The molecule has 2 aromatic rings. The minimum absolute atomic E-state index is 0.0166. The van der Waals surface area contributed by atoms with Crippen LogP contribution in [0.5, 0.6) is 5.75 Å². The first-order valence-corrected chi connectivity index (χ1v) is 15.0. The number of allylic oxidation sites excluding steroid dienone is 1. The fourth-order valence-corrected chi connectivity index (χ4v) is 7.40. The predicted octanol–water partition coefficient (Wildman–Crippen LogP) is 0.634. The number of carbonyl (C=O) groups is 4. The Balaban J connectivity index is 1.56. The second kappa shape index (κ2) is 12.0. The summed E-state index contributed by atoms with van der Waals surface area (Å²) in [5.41, 5.74) is 4.68. The van der Waals surface area contributed by atoms with Gasteiger partial charge >= 0.3 is 0 Å². The van der Waals surface area contributed by atoms with Crippen LogP contribution < -0.4 is 11.1 Å². The highest BCUT2D eigenvalue weighted by atomic mass is 16.4. The highest BCUT2D eigenvalue weighted by Crippen LogP contribution is 2.53. The van der Waals surface area contributed by atoms with Gasteiger partial charge in [0.2, 0.25) is 5.91 Å². The van der Waals surface area contributed by atoms with Crippen molar-refractivity contribution in [2.75, 3.05) is 41.3 Å². The van der Waals surface area contributed by atoms with E-state index < -0.39 is 58.7 Å². The third-order valence-corrected chi connectivity index (χ3v) is 9.48. The van der Waals surface area contributed by atoms with Crippen LogP contribution in [0.25, 0.3) is 11.1 Å².